The summed E-state index contributed by atoms with van der Waals surface area (Å²) in [5, 5.41) is 4.12. The molecule has 28 heavy (non-hydrogen) atoms. The highest BCUT2D eigenvalue weighted by atomic mass is 16.1. The van der Waals surface area contributed by atoms with Gasteiger partial charge in [0, 0.05) is 36.6 Å². The number of rotatable bonds is 6. The van der Waals surface area contributed by atoms with E-state index in [4.69, 9.17) is 0 Å². The largest absolute Gasteiger partial charge is 0.344 e. The molecule has 0 spiro atoms. The van der Waals surface area contributed by atoms with Crippen LogP contribution in [0.1, 0.15) is 17.2 Å². The Morgan fingerprint density at radius 1 is 1.04 bits per heavy atom. The third-order valence-electron chi connectivity index (χ3n) is 4.57. The van der Waals surface area contributed by atoms with Crippen LogP contribution in [0.2, 0.25) is 0 Å². The van der Waals surface area contributed by atoms with Gasteiger partial charge in [0.05, 0.1) is 17.9 Å². The Kier molecular flexibility index (Phi) is 5.24. The van der Waals surface area contributed by atoms with E-state index in [2.05, 4.69) is 15.3 Å². The molecule has 2 heterocycles. The Balaban J connectivity index is 1.53. The van der Waals surface area contributed by atoms with E-state index in [1.165, 1.54) is 0 Å². The molecule has 0 fully saturated rings. The first kappa shape index (κ1) is 17.7. The first-order valence-corrected chi connectivity index (χ1v) is 9.12. The summed E-state index contributed by atoms with van der Waals surface area (Å²) < 4.78 is 1.96. The molecule has 1 N–H and O–H groups in total. The van der Waals surface area contributed by atoms with E-state index in [1.54, 1.807) is 24.8 Å². The molecule has 0 radical (unpaired) electrons. The van der Waals surface area contributed by atoms with E-state index in [-0.39, 0.29) is 11.9 Å². The molecule has 4 aromatic rings. The Hall–Kier alpha value is -3.73. The lowest BCUT2D eigenvalue weighted by molar-refractivity contribution is -0.117. The number of carbonyl (C=O) groups is 1. The molecule has 0 aliphatic heterocycles. The number of nitrogens with one attached hydrogen (secondary N) is 1. The fourth-order valence-electron chi connectivity index (χ4n) is 3.17. The van der Waals surface area contributed by atoms with Crippen LogP contribution < -0.4 is 5.32 Å². The summed E-state index contributed by atoms with van der Waals surface area (Å²) in [4.78, 5) is 21.1. The van der Waals surface area contributed by atoms with E-state index in [9.17, 15) is 4.79 Å². The lowest BCUT2D eigenvalue weighted by Crippen LogP contribution is -2.29. The molecule has 0 aliphatic rings. The normalized spacial score (nSPS) is 12.3. The Labute approximate surface area is 163 Å². The van der Waals surface area contributed by atoms with Gasteiger partial charge < -0.3 is 9.88 Å². The number of para-hydroxylation sites is 1. The van der Waals surface area contributed by atoms with Crippen molar-refractivity contribution in [2.45, 2.75) is 12.6 Å². The Bertz CT molecular complexity index is 1080. The molecule has 0 aliphatic carbocycles. The van der Waals surface area contributed by atoms with Gasteiger partial charge in [-0.15, -0.1) is 0 Å². The first-order valence-electron chi connectivity index (χ1n) is 9.12. The SMILES string of the molecule is O=C(/C=C/c1ccnc2ccccc12)NC(Cn1ccnc1)c1ccccc1. The lowest BCUT2D eigenvalue weighted by atomic mass is 10.1. The van der Waals surface area contributed by atoms with Crippen molar-refractivity contribution in [1.82, 2.24) is 19.9 Å². The smallest absolute Gasteiger partial charge is 0.244 e. The molecule has 5 heteroatoms. The average molecular weight is 368 g/mol. The van der Waals surface area contributed by atoms with Crippen molar-refractivity contribution in [2.75, 3.05) is 0 Å². The number of imidazole rings is 1. The Morgan fingerprint density at radius 2 is 1.86 bits per heavy atom. The summed E-state index contributed by atoms with van der Waals surface area (Å²) in [6.07, 6.45) is 10.5. The number of hydrogen-bond acceptors (Lipinski definition) is 3. The molecule has 138 valence electrons. The van der Waals surface area contributed by atoms with Crippen molar-refractivity contribution < 1.29 is 4.79 Å². The second-order valence-corrected chi connectivity index (χ2v) is 6.48. The lowest BCUT2D eigenvalue weighted by Gasteiger charge is -2.19. The van der Waals surface area contributed by atoms with Crippen molar-refractivity contribution in [1.29, 1.82) is 0 Å². The van der Waals surface area contributed by atoms with Crippen LogP contribution in [0.5, 0.6) is 0 Å². The second-order valence-electron chi connectivity index (χ2n) is 6.48. The molecule has 5 nitrogen and oxygen atoms in total. The van der Waals surface area contributed by atoms with Crippen LogP contribution in [0.15, 0.2) is 91.7 Å². The number of amides is 1. The van der Waals surface area contributed by atoms with Crippen LogP contribution >= 0.6 is 0 Å². The fourth-order valence-corrected chi connectivity index (χ4v) is 3.17. The molecule has 0 bridgehead atoms. The maximum atomic E-state index is 12.6. The van der Waals surface area contributed by atoms with Gasteiger partial charge in [-0.2, -0.15) is 0 Å². The van der Waals surface area contributed by atoms with Crippen molar-refractivity contribution >= 4 is 22.9 Å². The van der Waals surface area contributed by atoms with Crippen LogP contribution in [0.25, 0.3) is 17.0 Å². The van der Waals surface area contributed by atoms with Crippen molar-refractivity contribution in [3.8, 4) is 0 Å². The summed E-state index contributed by atoms with van der Waals surface area (Å²) in [5.41, 5.74) is 2.92. The summed E-state index contributed by atoms with van der Waals surface area (Å²) in [6.45, 7) is 0.613. The molecule has 1 atom stereocenters. The minimum atomic E-state index is -0.151. The molecule has 2 aromatic carbocycles. The van der Waals surface area contributed by atoms with Crippen molar-refractivity contribution in [3.63, 3.8) is 0 Å². The predicted molar refractivity (Wildman–Crippen MR) is 110 cm³/mol. The molecule has 1 unspecified atom stereocenters. The fraction of sp³-hybridized carbons (Fsp3) is 0.0870. The number of aromatic nitrogens is 3. The van der Waals surface area contributed by atoms with Crippen molar-refractivity contribution in [2.24, 2.45) is 0 Å². The number of carbonyl (C=O) groups excluding carboxylic acids is 1. The topological polar surface area (TPSA) is 59.8 Å². The van der Waals surface area contributed by atoms with E-state index >= 15 is 0 Å². The molecule has 1 amide bonds. The zero-order valence-electron chi connectivity index (χ0n) is 15.3. The molecular weight excluding hydrogens is 348 g/mol. The standard InChI is InChI=1S/C23H20N4O/c28-23(11-10-18-12-13-25-21-9-5-4-8-20(18)21)26-22(16-27-15-14-24-17-27)19-6-2-1-3-7-19/h1-15,17,22H,16H2,(H,26,28)/b11-10+. The molecule has 2 aromatic heterocycles. The van der Waals surface area contributed by atoms with Gasteiger partial charge in [-0.3, -0.25) is 9.78 Å². The maximum absolute atomic E-state index is 12.6. The van der Waals surface area contributed by atoms with Crippen LogP contribution in [-0.2, 0) is 11.3 Å². The van der Waals surface area contributed by atoms with Gasteiger partial charge >= 0.3 is 0 Å². The van der Waals surface area contributed by atoms with Crippen LogP contribution in [-0.4, -0.2) is 20.4 Å². The quantitative estimate of drug-likeness (QED) is 0.523. The van der Waals surface area contributed by atoms with Crippen molar-refractivity contribution in [3.05, 3.63) is 103 Å². The summed E-state index contributed by atoms with van der Waals surface area (Å²) in [6, 6.07) is 19.6. The number of nitrogens with zero attached hydrogens (tertiary/aromatic N) is 3. The summed E-state index contributed by atoms with van der Waals surface area (Å²) in [7, 11) is 0. The van der Waals surface area contributed by atoms with Crippen LogP contribution in [0, 0.1) is 0 Å². The third-order valence-corrected chi connectivity index (χ3v) is 4.57. The third kappa shape index (κ3) is 4.15. The zero-order valence-corrected chi connectivity index (χ0v) is 15.3. The van der Waals surface area contributed by atoms with E-state index in [1.807, 2.05) is 77.5 Å². The predicted octanol–water partition coefficient (Wildman–Crippen LogP) is 4.00. The monoisotopic (exact) mass is 368 g/mol. The minimum Gasteiger partial charge on any atom is -0.344 e. The Morgan fingerprint density at radius 3 is 2.68 bits per heavy atom. The molecular formula is C23H20N4O. The highest BCUT2D eigenvalue weighted by molar-refractivity contribution is 5.95. The van der Waals surface area contributed by atoms with Gasteiger partial charge in [0.1, 0.15) is 0 Å². The van der Waals surface area contributed by atoms with Gasteiger partial charge in [-0.05, 0) is 29.3 Å². The van der Waals surface area contributed by atoms with E-state index in [0.29, 0.717) is 6.54 Å². The number of benzene rings is 2. The molecule has 4 rings (SSSR count). The maximum Gasteiger partial charge on any atom is 0.244 e. The molecule has 0 saturated heterocycles. The van der Waals surface area contributed by atoms with Gasteiger partial charge in [0.2, 0.25) is 5.91 Å². The summed E-state index contributed by atoms with van der Waals surface area (Å²) >= 11 is 0. The van der Waals surface area contributed by atoms with Crippen LogP contribution in [0.4, 0.5) is 0 Å². The van der Waals surface area contributed by atoms with Gasteiger partial charge in [0.25, 0.3) is 0 Å². The highest BCUT2D eigenvalue weighted by Crippen LogP contribution is 2.18. The number of pyridine rings is 1. The highest BCUT2D eigenvalue weighted by Gasteiger charge is 2.13. The van der Waals surface area contributed by atoms with E-state index < -0.39 is 0 Å². The summed E-state index contributed by atoms with van der Waals surface area (Å²) in [5.74, 6) is -0.144. The number of fused-ring (bicyclic) bond motifs is 1. The van der Waals surface area contributed by atoms with Crippen LogP contribution in [0.3, 0.4) is 0 Å². The average Bonchev–Trinajstić information content (AvgIpc) is 3.25. The number of hydrogen-bond donors (Lipinski definition) is 1. The van der Waals surface area contributed by atoms with Gasteiger partial charge in [-0.25, -0.2) is 4.98 Å². The van der Waals surface area contributed by atoms with E-state index in [0.717, 1.165) is 22.0 Å². The zero-order chi connectivity index (χ0) is 19.2. The molecule has 0 saturated carbocycles. The second kappa shape index (κ2) is 8.31. The van der Waals surface area contributed by atoms with Gasteiger partial charge in [0.15, 0.2) is 0 Å². The first-order chi connectivity index (χ1) is 13.8. The minimum absolute atomic E-state index is 0.144. The van der Waals surface area contributed by atoms with Gasteiger partial charge in [-0.1, -0.05) is 48.5 Å².